The van der Waals surface area contributed by atoms with E-state index in [1.54, 1.807) is 26.1 Å². The van der Waals surface area contributed by atoms with Crippen molar-refractivity contribution in [1.29, 1.82) is 0 Å². The van der Waals surface area contributed by atoms with Crippen molar-refractivity contribution in [3.63, 3.8) is 0 Å². The molecule has 0 spiro atoms. The Kier molecular flexibility index (Phi) is 8.26. The molecule has 1 rings (SSSR count). The fraction of sp³-hybridized carbons (Fsp3) is 0.857. The quantitative estimate of drug-likeness (QED) is 0.613. The molecule has 0 aromatic heterocycles. The number of ether oxygens (including phenoxy) is 1. The van der Waals surface area contributed by atoms with Gasteiger partial charge in [0.2, 0.25) is 11.8 Å². The Morgan fingerprint density at radius 1 is 1.19 bits per heavy atom. The number of likely N-dealkylation sites (N-methyl/N-ethyl adjacent to an activating group) is 1. The highest BCUT2D eigenvalue weighted by molar-refractivity contribution is 5.78. The van der Waals surface area contributed by atoms with E-state index in [1.165, 1.54) is 0 Å². The van der Waals surface area contributed by atoms with Crippen molar-refractivity contribution >= 4 is 11.8 Å². The number of rotatable bonds is 8. The predicted octanol–water partition coefficient (Wildman–Crippen LogP) is -1.16. The van der Waals surface area contributed by atoms with Crippen molar-refractivity contribution in [2.45, 2.75) is 6.42 Å². The van der Waals surface area contributed by atoms with E-state index >= 15 is 0 Å². The largest absolute Gasteiger partial charge is 0.383 e. The number of hydrogen-bond donors (Lipinski definition) is 1. The van der Waals surface area contributed by atoms with Crippen LogP contribution in [-0.4, -0.2) is 100 Å². The summed E-state index contributed by atoms with van der Waals surface area (Å²) in [5, 5.41) is 3.23. The highest BCUT2D eigenvalue weighted by Crippen LogP contribution is 2.00. The Morgan fingerprint density at radius 3 is 2.43 bits per heavy atom. The minimum Gasteiger partial charge on any atom is -0.383 e. The third-order valence-electron chi connectivity index (χ3n) is 3.58. The summed E-state index contributed by atoms with van der Waals surface area (Å²) >= 11 is 0. The zero-order valence-corrected chi connectivity index (χ0v) is 13.4. The number of piperazine rings is 1. The van der Waals surface area contributed by atoms with Gasteiger partial charge in [-0.2, -0.15) is 0 Å². The maximum absolute atomic E-state index is 12.1. The van der Waals surface area contributed by atoms with E-state index in [1.807, 2.05) is 9.80 Å². The van der Waals surface area contributed by atoms with Crippen LogP contribution < -0.4 is 5.32 Å². The third-order valence-corrected chi connectivity index (χ3v) is 3.58. The summed E-state index contributed by atoms with van der Waals surface area (Å²) in [4.78, 5) is 29.4. The lowest BCUT2D eigenvalue weighted by Crippen LogP contribution is -2.47. The monoisotopic (exact) mass is 300 g/mol. The molecule has 1 saturated heterocycles. The first kappa shape index (κ1) is 17.9. The molecular formula is C14H28N4O3. The van der Waals surface area contributed by atoms with Gasteiger partial charge in [0.15, 0.2) is 0 Å². The average Bonchev–Trinajstić information content (AvgIpc) is 2.50. The van der Waals surface area contributed by atoms with Crippen LogP contribution in [0.1, 0.15) is 6.42 Å². The van der Waals surface area contributed by atoms with E-state index in [-0.39, 0.29) is 11.8 Å². The van der Waals surface area contributed by atoms with E-state index in [2.05, 4.69) is 5.32 Å². The highest BCUT2D eigenvalue weighted by Gasteiger charge is 2.18. The van der Waals surface area contributed by atoms with Crippen LogP contribution in [-0.2, 0) is 14.3 Å². The molecule has 0 saturated carbocycles. The van der Waals surface area contributed by atoms with Gasteiger partial charge >= 0.3 is 0 Å². The highest BCUT2D eigenvalue weighted by atomic mass is 16.5. The molecule has 0 unspecified atom stereocenters. The Balaban J connectivity index is 2.39. The van der Waals surface area contributed by atoms with Gasteiger partial charge in [0.1, 0.15) is 0 Å². The molecule has 2 amide bonds. The average molecular weight is 300 g/mol. The predicted molar refractivity (Wildman–Crippen MR) is 81.1 cm³/mol. The van der Waals surface area contributed by atoms with Gasteiger partial charge in [0.05, 0.1) is 13.2 Å². The minimum atomic E-state index is 0.0423. The van der Waals surface area contributed by atoms with Gasteiger partial charge < -0.3 is 19.9 Å². The summed E-state index contributed by atoms with van der Waals surface area (Å²) in [5.41, 5.74) is 0. The van der Waals surface area contributed by atoms with Crippen molar-refractivity contribution < 1.29 is 14.3 Å². The zero-order chi connectivity index (χ0) is 15.7. The SMILES string of the molecule is COCCN(CCC(=O)N1CCNCC1)CC(=O)N(C)C. The summed E-state index contributed by atoms with van der Waals surface area (Å²) in [6.45, 7) is 5.39. The molecule has 1 aliphatic rings. The molecule has 1 aliphatic heterocycles. The third kappa shape index (κ3) is 6.88. The molecule has 0 aliphatic carbocycles. The summed E-state index contributed by atoms with van der Waals surface area (Å²) in [7, 11) is 5.11. The molecule has 122 valence electrons. The molecule has 0 aromatic carbocycles. The Morgan fingerprint density at radius 2 is 1.86 bits per heavy atom. The lowest BCUT2D eigenvalue weighted by molar-refractivity contribution is -0.134. The van der Waals surface area contributed by atoms with Crippen molar-refractivity contribution in [3.05, 3.63) is 0 Å². The molecule has 7 nitrogen and oxygen atoms in total. The van der Waals surface area contributed by atoms with Gasteiger partial charge in [-0.25, -0.2) is 0 Å². The first-order valence-electron chi connectivity index (χ1n) is 7.44. The molecule has 21 heavy (non-hydrogen) atoms. The van der Waals surface area contributed by atoms with Gasteiger partial charge in [0, 0.05) is 66.9 Å². The molecule has 0 bridgehead atoms. The molecule has 0 radical (unpaired) electrons. The van der Waals surface area contributed by atoms with Crippen LogP contribution in [0, 0.1) is 0 Å². The number of nitrogens with one attached hydrogen (secondary N) is 1. The van der Waals surface area contributed by atoms with Crippen LogP contribution in [0.3, 0.4) is 0 Å². The van der Waals surface area contributed by atoms with Crippen LogP contribution in [0.15, 0.2) is 0 Å². The topological polar surface area (TPSA) is 65.1 Å². The standard InChI is InChI=1S/C14H28N4O3/c1-16(2)14(20)12-17(10-11-21-3)7-4-13(19)18-8-5-15-6-9-18/h15H,4-12H2,1-3H3. The Bertz CT molecular complexity index is 330. The summed E-state index contributed by atoms with van der Waals surface area (Å²) in [6.07, 6.45) is 0.449. The Hall–Kier alpha value is -1.18. The van der Waals surface area contributed by atoms with E-state index in [4.69, 9.17) is 4.74 Å². The molecule has 7 heteroatoms. The van der Waals surface area contributed by atoms with Crippen LogP contribution in [0.25, 0.3) is 0 Å². The molecule has 1 fully saturated rings. The number of carbonyl (C=O) groups excluding carboxylic acids is 2. The van der Waals surface area contributed by atoms with Gasteiger partial charge in [-0.1, -0.05) is 0 Å². The van der Waals surface area contributed by atoms with E-state index < -0.39 is 0 Å². The summed E-state index contributed by atoms with van der Waals surface area (Å²) < 4.78 is 5.07. The fourth-order valence-corrected chi connectivity index (χ4v) is 2.15. The molecule has 1 N–H and O–H groups in total. The zero-order valence-electron chi connectivity index (χ0n) is 13.4. The second kappa shape index (κ2) is 9.70. The van der Waals surface area contributed by atoms with Crippen molar-refractivity contribution in [2.75, 3.05) is 73.6 Å². The maximum atomic E-state index is 12.1. The van der Waals surface area contributed by atoms with Crippen molar-refractivity contribution in [2.24, 2.45) is 0 Å². The number of carbonyl (C=O) groups is 2. The lowest BCUT2D eigenvalue weighted by atomic mass is 10.3. The maximum Gasteiger partial charge on any atom is 0.236 e. The van der Waals surface area contributed by atoms with E-state index in [9.17, 15) is 9.59 Å². The number of methoxy groups -OCH3 is 1. The van der Waals surface area contributed by atoms with Crippen LogP contribution in [0.4, 0.5) is 0 Å². The fourth-order valence-electron chi connectivity index (χ4n) is 2.15. The smallest absolute Gasteiger partial charge is 0.236 e. The number of amides is 2. The van der Waals surface area contributed by atoms with Crippen LogP contribution in [0.2, 0.25) is 0 Å². The molecular weight excluding hydrogens is 272 g/mol. The molecule has 0 atom stereocenters. The van der Waals surface area contributed by atoms with Crippen LogP contribution >= 0.6 is 0 Å². The van der Waals surface area contributed by atoms with Gasteiger partial charge in [-0.3, -0.25) is 14.5 Å². The minimum absolute atomic E-state index is 0.0423. The first-order valence-corrected chi connectivity index (χ1v) is 7.44. The van der Waals surface area contributed by atoms with Gasteiger partial charge in [-0.05, 0) is 0 Å². The second-order valence-electron chi connectivity index (χ2n) is 5.44. The van der Waals surface area contributed by atoms with Gasteiger partial charge in [0.25, 0.3) is 0 Å². The second-order valence-corrected chi connectivity index (χ2v) is 5.44. The first-order chi connectivity index (χ1) is 10.0. The lowest BCUT2D eigenvalue weighted by Gasteiger charge is -2.29. The van der Waals surface area contributed by atoms with E-state index in [0.717, 1.165) is 26.2 Å². The summed E-state index contributed by atoms with van der Waals surface area (Å²) in [5.74, 6) is 0.206. The van der Waals surface area contributed by atoms with E-state index in [0.29, 0.717) is 32.7 Å². The van der Waals surface area contributed by atoms with Crippen molar-refractivity contribution in [1.82, 2.24) is 20.0 Å². The van der Waals surface area contributed by atoms with Crippen molar-refractivity contribution in [3.8, 4) is 0 Å². The Labute approximate surface area is 127 Å². The number of nitrogens with zero attached hydrogens (tertiary/aromatic N) is 3. The van der Waals surface area contributed by atoms with Gasteiger partial charge in [-0.15, -0.1) is 0 Å². The number of hydrogen-bond acceptors (Lipinski definition) is 5. The molecule has 0 aromatic rings. The normalized spacial score (nSPS) is 15.3. The summed E-state index contributed by atoms with van der Waals surface area (Å²) in [6, 6.07) is 0. The molecule has 1 heterocycles. The van der Waals surface area contributed by atoms with Crippen LogP contribution in [0.5, 0.6) is 0 Å².